The first-order valence-corrected chi connectivity index (χ1v) is 17.5. The number of aromatic nitrogens is 2. The van der Waals surface area contributed by atoms with Gasteiger partial charge in [-0.25, -0.2) is 9.55 Å². The maximum Gasteiger partial charge on any atom is 0.302 e. The van der Waals surface area contributed by atoms with Crippen LogP contribution in [0.5, 0.6) is 6.01 Å². The van der Waals surface area contributed by atoms with Crippen molar-refractivity contribution in [2.75, 3.05) is 6.61 Å². The van der Waals surface area contributed by atoms with Gasteiger partial charge in [-0.15, -0.1) is 0 Å². The van der Waals surface area contributed by atoms with E-state index in [-0.39, 0.29) is 27.4 Å². The molecule has 0 spiro atoms. The quantitative estimate of drug-likeness (QED) is 0.423. The van der Waals surface area contributed by atoms with Crippen LogP contribution in [0.15, 0.2) is 11.0 Å². The van der Waals surface area contributed by atoms with Gasteiger partial charge in [0.25, 0.3) is 5.56 Å². The standard InChI is InChI=1S/C23H40N2O6Si2/c1-14(26)15-12-24-21-25(19(15)27)20-18(30-21)17(31-33(10,11)23(5,6)7)16(29-20)13-28-32(8,9)22(2,3)4/h12,16-18,20H,13H2,1-11H3/t16-,17-,18+,20-/m0/s1. The molecule has 0 aromatic carbocycles. The zero-order chi connectivity index (χ0) is 25.1. The number of nitrogens with zero attached hydrogens (tertiary/aromatic N) is 2. The lowest BCUT2D eigenvalue weighted by molar-refractivity contribution is -0.0394. The third-order valence-corrected chi connectivity index (χ3v) is 16.7. The molecule has 0 radical (unpaired) electrons. The highest BCUT2D eigenvalue weighted by molar-refractivity contribution is 6.74. The van der Waals surface area contributed by atoms with Crippen LogP contribution in [0.1, 0.15) is 65.1 Å². The van der Waals surface area contributed by atoms with E-state index in [2.05, 4.69) is 72.7 Å². The maximum atomic E-state index is 13.0. The summed E-state index contributed by atoms with van der Waals surface area (Å²) in [5, 5.41) is 0.0376. The van der Waals surface area contributed by atoms with E-state index in [4.69, 9.17) is 18.3 Å². The summed E-state index contributed by atoms with van der Waals surface area (Å²) in [6.07, 6.45) is -0.775. The second-order valence-electron chi connectivity index (χ2n) is 12.2. The summed E-state index contributed by atoms with van der Waals surface area (Å²) in [6, 6.07) is 0.160. The van der Waals surface area contributed by atoms with Crippen LogP contribution in [0.4, 0.5) is 0 Å². The van der Waals surface area contributed by atoms with Gasteiger partial charge in [0.15, 0.2) is 34.7 Å². The summed E-state index contributed by atoms with van der Waals surface area (Å²) in [5.41, 5.74) is -0.425. The Balaban J connectivity index is 1.96. The Morgan fingerprint density at radius 3 is 2.18 bits per heavy atom. The van der Waals surface area contributed by atoms with E-state index in [1.165, 1.54) is 17.7 Å². The summed E-state index contributed by atoms with van der Waals surface area (Å²) < 4.78 is 27.2. The van der Waals surface area contributed by atoms with Crippen LogP contribution in [0.2, 0.25) is 36.3 Å². The van der Waals surface area contributed by atoms with Gasteiger partial charge < -0.3 is 18.3 Å². The molecule has 3 heterocycles. The maximum absolute atomic E-state index is 13.0. The highest BCUT2D eigenvalue weighted by Crippen LogP contribution is 2.45. The molecule has 0 N–H and O–H groups in total. The van der Waals surface area contributed by atoms with Crippen molar-refractivity contribution in [1.29, 1.82) is 0 Å². The van der Waals surface area contributed by atoms with Crippen molar-refractivity contribution in [2.24, 2.45) is 0 Å². The minimum Gasteiger partial charge on any atom is -0.454 e. The zero-order valence-electron chi connectivity index (χ0n) is 21.9. The lowest BCUT2D eigenvalue weighted by Gasteiger charge is -2.41. The number of fused-ring (bicyclic) bond motifs is 3. The van der Waals surface area contributed by atoms with E-state index < -0.39 is 46.7 Å². The van der Waals surface area contributed by atoms with Crippen LogP contribution in [-0.4, -0.2) is 56.9 Å². The molecule has 8 nitrogen and oxygen atoms in total. The molecule has 1 aromatic heterocycles. The topological polar surface area (TPSA) is 88.9 Å². The molecule has 10 heteroatoms. The molecule has 0 aliphatic carbocycles. The Bertz CT molecular complexity index is 977. The van der Waals surface area contributed by atoms with E-state index in [0.717, 1.165) is 0 Å². The van der Waals surface area contributed by atoms with Gasteiger partial charge in [-0.1, -0.05) is 41.5 Å². The molecule has 33 heavy (non-hydrogen) atoms. The van der Waals surface area contributed by atoms with E-state index in [1.54, 1.807) is 0 Å². The first-order chi connectivity index (χ1) is 14.9. The fraction of sp³-hybridized carbons (Fsp3) is 0.783. The van der Waals surface area contributed by atoms with Crippen LogP contribution >= 0.6 is 0 Å². The number of rotatable bonds is 6. The highest BCUT2D eigenvalue weighted by Gasteiger charge is 2.56. The molecule has 0 amide bonds. The molecule has 4 atom stereocenters. The Morgan fingerprint density at radius 2 is 1.67 bits per heavy atom. The SMILES string of the molecule is CC(=O)c1cnc2n(c1=O)[C@H]1O[C@@H](CO[Si](C)(C)C(C)(C)C)[C@H](O[Si](C)(C)C(C)(C)C)[C@H]1O2. The normalized spacial score (nSPS) is 25.5. The third-order valence-electron chi connectivity index (χ3n) is 7.77. The predicted octanol–water partition coefficient (Wildman–Crippen LogP) is 4.52. The van der Waals surface area contributed by atoms with Crippen LogP contribution in [0.25, 0.3) is 0 Å². The van der Waals surface area contributed by atoms with Gasteiger partial charge in [0.2, 0.25) is 0 Å². The fourth-order valence-corrected chi connectivity index (χ4v) is 5.80. The van der Waals surface area contributed by atoms with E-state index in [9.17, 15) is 9.59 Å². The Kier molecular flexibility index (Phi) is 6.69. The third kappa shape index (κ3) is 4.77. The minimum atomic E-state index is -2.20. The smallest absolute Gasteiger partial charge is 0.302 e. The Morgan fingerprint density at radius 1 is 1.09 bits per heavy atom. The molecule has 1 fully saturated rings. The highest BCUT2D eigenvalue weighted by atomic mass is 28.4. The number of carbonyl (C=O) groups is 1. The number of ether oxygens (including phenoxy) is 2. The van der Waals surface area contributed by atoms with Gasteiger partial charge >= 0.3 is 6.01 Å². The number of ketones is 1. The summed E-state index contributed by atoms with van der Waals surface area (Å²) in [4.78, 5) is 29.2. The van der Waals surface area contributed by atoms with Crippen molar-refractivity contribution in [2.45, 2.75) is 109 Å². The molecule has 0 bridgehead atoms. The van der Waals surface area contributed by atoms with Crippen LogP contribution in [0, 0.1) is 0 Å². The largest absolute Gasteiger partial charge is 0.454 e. The number of hydrogen-bond acceptors (Lipinski definition) is 7. The van der Waals surface area contributed by atoms with Crippen molar-refractivity contribution >= 4 is 22.4 Å². The molecule has 0 saturated carbocycles. The van der Waals surface area contributed by atoms with E-state index >= 15 is 0 Å². The molecule has 1 saturated heterocycles. The second kappa shape index (κ2) is 8.40. The number of hydrogen-bond donors (Lipinski definition) is 0. The molecular formula is C23H40N2O6Si2. The molecule has 1 aromatic rings. The Labute approximate surface area is 199 Å². The van der Waals surface area contributed by atoms with Gasteiger partial charge in [-0.3, -0.25) is 9.59 Å². The molecule has 186 valence electrons. The summed E-state index contributed by atoms with van der Waals surface area (Å²) in [5.74, 6) is -0.337. The monoisotopic (exact) mass is 496 g/mol. The minimum absolute atomic E-state index is 0.0156. The van der Waals surface area contributed by atoms with Crippen LogP contribution in [-0.2, 0) is 13.6 Å². The number of Topliss-reactive ketones (excluding diaryl/α,β-unsaturated/α-hetero) is 1. The summed E-state index contributed by atoms with van der Waals surface area (Å²) in [6.45, 7) is 23.6. The molecule has 0 unspecified atom stereocenters. The number of carbonyl (C=O) groups excluding carboxylic acids is 1. The fourth-order valence-electron chi connectivity index (χ4n) is 3.47. The van der Waals surface area contributed by atoms with Crippen LogP contribution in [0.3, 0.4) is 0 Å². The average molecular weight is 497 g/mol. The van der Waals surface area contributed by atoms with E-state index in [1.807, 2.05) is 0 Å². The Hall–Kier alpha value is -1.34. The predicted molar refractivity (Wildman–Crippen MR) is 132 cm³/mol. The summed E-state index contributed by atoms with van der Waals surface area (Å²) >= 11 is 0. The van der Waals surface area contributed by atoms with Crippen molar-refractivity contribution in [3.05, 3.63) is 22.1 Å². The first kappa shape index (κ1) is 26.3. The van der Waals surface area contributed by atoms with Crippen molar-refractivity contribution in [1.82, 2.24) is 9.55 Å². The lowest BCUT2D eigenvalue weighted by Crippen LogP contribution is -2.51. The molecule has 3 rings (SSSR count). The van der Waals surface area contributed by atoms with Gasteiger partial charge in [-0.05, 0) is 43.2 Å². The van der Waals surface area contributed by atoms with Crippen molar-refractivity contribution in [3.63, 3.8) is 0 Å². The second-order valence-corrected chi connectivity index (χ2v) is 21.8. The lowest BCUT2D eigenvalue weighted by atomic mass is 10.1. The van der Waals surface area contributed by atoms with Crippen molar-refractivity contribution in [3.8, 4) is 6.01 Å². The summed E-state index contributed by atoms with van der Waals surface area (Å²) in [7, 11) is -4.23. The zero-order valence-corrected chi connectivity index (χ0v) is 23.9. The van der Waals surface area contributed by atoms with Gasteiger partial charge in [0, 0.05) is 6.20 Å². The van der Waals surface area contributed by atoms with Crippen molar-refractivity contribution < 1.29 is 23.1 Å². The molecular weight excluding hydrogens is 456 g/mol. The van der Waals surface area contributed by atoms with Gasteiger partial charge in [-0.2, -0.15) is 0 Å². The average Bonchev–Trinajstić information content (AvgIpc) is 3.14. The van der Waals surface area contributed by atoms with E-state index in [0.29, 0.717) is 6.61 Å². The van der Waals surface area contributed by atoms with Gasteiger partial charge in [0.05, 0.1) is 6.61 Å². The molecule has 2 aliphatic rings. The van der Waals surface area contributed by atoms with Gasteiger partial charge in [0.1, 0.15) is 17.8 Å². The van der Waals surface area contributed by atoms with Crippen LogP contribution < -0.4 is 10.3 Å². The first-order valence-electron chi connectivity index (χ1n) is 11.6. The molecule has 2 aliphatic heterocycles.